The Morgan fingerprint density at radius 2 is 2.36 bits per heavy atom. The quantitative estimate of drug-likeness (QED) is 0.712. The zero-order valence-corrected chi connectivity index (χ0v) is 9.18. The Morgan fingerprint density at radius 1 is 1.64 bits per heavy atom. The van der Waals surface area contributed by atoms with Crippen molar-refractivity contribution < 1.29 is 9.90 Å². The topological polar surface area (TPSA) is 49.3 Å². The smallest absolute Gasteiger partial charge is 0.305 e. The highest BCUT2D eigenvalue weighted by Crippen LogP contribution is 2.36. The SMILES string of the molecule is CCCNC1(CC(=O)O)CCC(C)C1. The fourth-order valence-electron chi connectivity index (χ4n) is 2.46. The Kier molecular flexibility index (Phi) is 3.93. The molecule has 0 heterocycles. The van der Waals surface area contributed by atoms with Crippen LogP contribution in [0.4, 0.5) is 0 Å². The van der Waals surface area contributed by atoms with Crippen molar-refractivity contribution in [2.45, 2.75) is 51.5 Å². The normalized spacial score (nSPS) is 32.0. The summed E-state index contributed by atoms with van der Waals surface area (Å²) < 4.78 is 0. The van der Waals surface area contributed by atoms with Crippen molar-refractivity contribution in [3.63, 3.8) is 0 Å². The summed E-state index contributed by atoms with van der Waals surface area (Å²) in [5, 5.41) is 12.3. The molecule has 2 atom stereocenters. The number of carboxylic acid groups (broad SMARTS) is 1. The number of aliphatic carboxylic acids is 1. The highest BCUT2D eigenvalue weighted by atomic mass is 16.4. The van der Waals surface area contributed by atoms with Gasteiger partial charge in [0.2, 0.25) is 0 Å². The summed E-state index contributed by atoms with van der Waals surface area (Å²) in [4.78, 5) is 10.8. The third kappa shape index (κ3) is 2.98. The van der Waals surface area contributed by atoms with Gasteiger partial charge in [-0.1, -0.05) is 13.8 Å². The number of nitrogens with one attached hydrogen (secondary N) is 1. The van der Waals surface area contributed by atoms with Crippen molar-refractivity contribution in [3.8, 4) is 0 Å². The van der Waals surface area contributed by atoms with Crippen LogP contribution in [0.1, 0.15) is 46.0 Å². The molecule has 1 fully saturated rings. The summed E-state index contributed by atoms with van der Waals surface area (Å²) in [7, 11) is 0. The Balaban J connectivity index is 2.55. The molecule has 0 aromatic heterocycles. The molecule has 0 aliphatic heterocycles. The third-order valence-electron chi connectivity index (χ3n) is 3.09. The maximum Gasteiger partial charge on any atom is 0.305 e. The first-order valence-electron chi connectivity index (χ1n) is 5.55. The molecule has 3 heteroatoms. The van der Waals surface area contributed by atoms with E-state index in [0.717, 1.165) is 32.2 Å². The molecular formula is C11H21NO2. The molecule has 0 aromatic rings. The van der Waals surface area contributed by atoms with Crippen molar-refractivity contribution in [1.29, 1.82) is 0 Å². The van der Waals surface area contributed by atoms with Gasteiger partial charge in [0.05, 0.1) is 6.42 Å². The predicted molar refractivity (Wildman–Crippen MR) is 56.3 cm³/mol. The van der Waals surface area contributed by atoms with Gasteiger partial charge >= 0.3 is 5.97 Å². The lowest BCUT2D eigenvalue weighted by atomic mass is 9.92. The maximum absolute atomic E-state index is 10.8. The van der Waals surface area contributed by atoms with E-state index in [1.165, 1.54) is 0 Å². The largest absolute Gasteiger partial charge is 0.481 e. The van der Waals surface area contributed by atoms with E-state index >= 15 is 0 Å². The highest BCUT2D eigenvalue weighted by molar-refractivity contribution is 5.68. The van der Waals surface area contributed by atoms with Gasteiger partial charge in [0.1, 0.15) is 0 Å². The van der Waals surface area contributed by atoms with Crippen LogP contribution >= 0.6 is 0 Å². The average Bonchev–Trinajstić information content (AvgIpc) is 2.43. The Labute approximate surface area is 85.9 Å². The number of carboxylic acids is 1. The minimum absolute atomic E-state index is 0.110. The van der Waals surface area contributed by atoms with Crippen molar-refractivity contribution >= 4 is 5.97 Å². The van der Waals surface area contributed by atoms with E-state index in [1.807, 2.05) is 0 Å². The lowest BCUT2D eigenvalue weighted by Gasteiger charge is -2.29. The average molecular weight is 199 g/mol. The van der Waals surface area contributed by atoms with Gasteiger partial charge in [0.25, 0.3) is 0 Å². The molecule has 0 saturated heterocycles. The minimum Gasteiger partial charge on any atom is -0.481 e. The molecule has 0 radical (unpaired) electrons. The van der Waals surface area contributed by atoms with E-state index in [2.05, 4.69) is 19.2 Å². The van der Waals surface area contributed by atoms with E-state index < -0.39 is 5.97 Å². The minimum atomic E-state index is -0.678. The molecule has 2 unspecified atom stereocenters. The molecule has 2 N–H and O–H groups in total. The van der Waals surface area contributed by atoms with Crippen molar-refractivity contribution in [2.75, 3.05) is 6.54 Å². The summed E-state index contributed by atoms with van der Waals surface area (Å²) >= 11 is 0. The van der Waals surface area contributed by atoms with Crippen LogP contribution in [-0.4, -0.2) is 23.2 Å². The summed E-state index contributed by atoms with van der Waals surface area (Å²) in [6.07, 6.45) is 4.52. The molecule has 1 aliphatic carbocycles. The van der Waals surface area contributed by atoms with Gasteiger partial charge in [-0.25, -0.2) is 0 Å². The molecule has 0 bridgehead atoms. The second-order valence-electron chi connectivity index (χ2n) is 4.63. The van der Waals surface area contributed by atoms with E-state index in [-0.39, 0.29) is 12.0 Å². The van der Waals surface area contributed by atoms with Gasteiger partial charge in [-0.2, -0.15) is 0 Å². The molecule has 82 valence electrons. The van der Waals surface area contributed by atoms with Gasteiger partial charge in [-0.3, -0.25) is 4.79 Å². The van der Waals surface area contributed by atoms with Crippen LogP contribution in [0.25, 0.3) is 0 Å². The highest BCUT2D eigenvalue weighted by Gasteiger charge is 2.38. The van der Waals surface area contributed by atoms with Crippen LogP contribution in [-0.2, 0) is 4.79 Å². The molecular weight excluding hydrogens is 178 g/mol. The van der Waals surface area contributed by atoms with Gasteiger partial charge in [0, 0.05) is 5.54 Å². The van der Waals surface area contributed by atoms with Crippen LogP contribution in [0.2, 0.25) is 0 Å². The third-order valence-corrected chi connectivity index (χ3v) is 3.09. The van der Waals surface area contributed by atoms with Gasteiger partial charge in [0.15, 0.2) is 0 Å². The number of carbonyl (C=O) groups is 1. The molecule has 14 heavy (non-hydrogen) atoms. The predicted octanol–water partition coefficient (Wildman–Crippen LogP) is 2.02. The molecule has 1 rings (SSSR count). The summed E-state index contributed by atoms with van der Waals surface area (Å²) in [6, 6.07) is 0. The lowest BCUT2D eigenvalue weighted by Crippen LogP contribution is -2.45. The zero-order chi connectivity index (χ0) is 10.6. The van der Waals surface area contributed by atoms with E-state index in [9.17, 15) is 4.79 Å². The Morgan fingerprint density at radius 3 is 2.79 bits per heavy atom. The molecule has 1 aliphatic rings. The summed E-state index contributed by atoms with van der Waals surface area (Å²) in [6.45, 7) is 5.25. The van der Waals surface area contributed by atoms with Gasteiger partial charge < -0.3 is 10.4 Å². The first kappa shape index (κ1) is 11.5. The fourth-order valence-corrected chi connectivity index (χ4v) is 2.46. The fraction of sp³-hybridized carbons (Fsp3) is 0.909. The molecule has 0 aromatic carbocycles. The Hall–Kier alpha value is -0.570. The summed E-state index contributed by atoms with van der Waals surface area (Å²) in [5.74, 6) is -0.0126. The van der Waals surface area contributed by atoms with Crippen molar-refractivity contribution in [3.05, 3.63) is 0 Å². The maximum atomic E-state index is 10.8. The summed E-state index contributed by atoms with van der Waals surface area (Å²) in [5.41, 5.74) is -0.110. The first-order chi connectivity index (χ1) is 6.58. The zero-order valence-electron chi connectivity index (χ0n) is 9.18. The van der Waals surface area contributed by atoms with Gasteiger partial charge in [-0.15, -0.1) is 0 Å². The van der Waals surface area contributed by atoms with Crippen LogP contribution in [0, 0.1) is 5.92 Å². The monoisotopic (exact) mass is 199 g/mol. The second kappa shape index (κ2) is 4.78. The van der Waals surface area contributed by atoms with Crippen LogP contribution in [0.15, 0.2) is 0 Å². The van der Waals surface area contributed by atoms with E-state index in [0.29, 0.717) is 5.92 Å². The van der Waals surface area contributed by atoms with Gasteiger partial charge in [-0.05, 0) is 38.1 Å². The number of hydrogen-bond donors (Lipinski definition) is 2. The second-order valence-corrected chi connectivity index (χ2v) is 4.63. The lowest BCUT2D eigenvalue weighted by molar-refractivity contribution is -0.138. The molecule has 3 nitrogen and oxygen atoms in total. The number of rotatable bonds is 5. The van der Waals surface area contributed by atoms with E-state index in [1.54, 1.807) is 0 Å². The van der Waals surface area contributed by atoms with Crippen LogP contribution in [0.3, 0.4) is 0 Å². The van der Waals surface area contributed by atoms with Crippen molar-refractivity contribution in [2.24, 2.45) is 5.92 Å². The van der Waals surface area contributed by atoms with Crippen LogP contribution < -0.4 is 5.32 Å². The molecule has 1 saturated carbocycles. The van der Waals surface area contributed by atoms with E-state index in [4.69, 9.17) is 5.11 Å². The van der Waals surface area contributed by atoms with Crippen LogP contribution in [0.5, 0.6) is 0 Å². The number of hydrogen-bond acceptors (Lipinski definition) is 2. The molecule has 0 amide bonds. The Bertz CT molecular complexity index is 205. The standard InChI is InChI=1S/C11H21NO2/c1-3-6-12-11(8-10(13)14)5-4-9(2)7-11/h9,12H,3-8H2,1-2H3,(H,13,14). The molecule has 0 spiro atoms. The van der Waals surface area contributed by atoms with Crippen molar-refractivity contribution in [1.82, 2.24) is 5.32 Å². The first-order valence-corrected chi connectivity index (χ1v) is 5.55.